The quantitative estimate of drug-likeness (QED) is 0.123. The second-order valence-electron chi connectivity index (χ2n) is 14.7. The highest BCUT2D eigenvalue weighted by molar-refractivity contribution is 6.05. The lowest BCUT2D eigenvalue weighted by atomic mass is 9.70. The monoisotopic (exact) mass is 762 g/mol. The van der Waals surface area contributed by atoms with Crippen molar-refractivity contribution >= 4 is 35.1 Å². The lowest BCUT2D eigenvalue weighted by molar-refractivity contribution is -0.146. The van der Waals surface area contributed by atoms with E-state index >= 15 is 9.59 Å². The van der Waals surface area contributed by atoms with Crippen molar-refractivity contribution in [3.05, 3.63) is 121 Å². The zero-order chi connectivity index (χ0) is 39.8. The Hall–Kier alpha value is -5.26. The van der Waals surface area contributed by atoms with E-state index < -0.39 is 66.1 Å². The Balaban J connectivity index is 1.36. The van der Waals surface area contributed by atoms with Crippen LogP contribution in [0, 0.1) is 11.8 Å². The molecule has 1 spiro atoms. The zero-order valence-electron chi connectivity index (χ0n) is 32.4. The van der Waals surface area contributed by atoms with Gasteiger partial charge in [0, 0.05) is 37.4 Å². The molecule has 3 fully saturated rings. The number of benzene rings is 3. The van der Waals surface area contributed by atoms with Crippen molar-refractivity contribution in [3.63, 3.8) is 0 Å². The number of hydrogen-bond donors (Lipinski definition) is 2. The molecule has 2 bridgehead atoms. The number of nitrogens with zero attached hydrogens (tertiary/aromatic N) is 3. The first-order valence-corrected chi connectivity index (χ1v) is 19.7. The van der Waals surface area contributed by atoms with E-state index in [1.807, 2.05) is 84.9 Å². The number of likely N-dealkylation sites (tertiary alicyclic amines) is 1. The molecular formula is C45H54N4O7. The van der Waals surface area contributed by atoms with Crippen LogP contribution in [0.15, 0.2) is 110 Å². The SMILES string of the molecule is C=CCCC(=O)OC[C@@H](NC(=O)[C@@H]1[C@H]2C(=O)N([C@@H](CO)Cc3ccccc3)[C@H](C(=O)N(CC=C)c3ccc(N(CC)CC)cc3)[C@]23CC[C@H]1O3)c1ccccc1. The summed E-state index contributed by atoms with van der Waals surface area (Å²) in [5.41, 5.74) is 1.97. The Kier molecular flexibility index (Phi) is 13.1. The molecule has 11 heteroatoms. The lowest BCUT2D eigenvalue weighted by Gasteiger charge is -2.39. The van der Waals surface area contributed by atoms with E-state index in [1.165, 1.54) is 4.90 Å². The van der Waals surface area contributed by atoms with Crippen LogP contribution < -0.4 is 15.1 Å². The van der Waals surface area contributed by atoms with E-state index in [9.17, 15) is 14.7 Å². The minimum Gasteiger partial charge on any atom is -0.463 e. The van der Waals surface area contributed by atoms with Crippen LogP contribution in [0.5, 0.6) is 0 Å². The van der Waals surface area contributed by atoms with Gasteiger partial charge in [-0.15, -0.1) is 13.2 Å². The Morgan fingerprint density at radius 1 is 0.982 bits per heavy atom. The predicted octanol–water partition coefficient (Wildman–Crippen LogP) is 5.40. The molecule has 3 amide bonds. The minimum atomic E-state index is -1.31. The molecular weight excluding hydrogens is 709 g/mol. The van der Waals surface area contributed by atoms with Crippen molar-refractivity contribution in [1.29, 1.82) is 0 Å². The van der Waals surface area contributed by atoms with Crippen LogP contribution in [-0.4, -0.2) is 90.3 Å². The molecule has 11 nitrogen and oxygen atoms in total. The van der Waals surface area contributed by atoms with Crippen LogP contribution in [0.25, 0.3) is 0 Å². The number of rotatable bonds is 19. The number of hydrogen-bond acceptors (Lipinski definition) is 8. The lowest BCUT2D eigenvalue weighted by Crippen LogP contribution is -2.59. The topological polar surface area (TPSA) is 129 Å². The van der Waals surface area contributed by atoms with Gasteiger partial charge in [0.05, 0.1) is 36.6 Å². The highest BCUT2D eigenvalue weighted by atomic mass is 16.5. The van der Waals surface area contributed by atoms with Crippen molar-refractivity contribution in [2.24, 2.45) is 11.8 Å². The molecule has 0 unspecified atom stereocenters. The third kappa shape index (κ3) is 8.01. The molecule has 3 aromatic rings. The average molecular weight is 763 g/mol. The first-order chi connectivity index (χ1) is 27.2. The number of esters is 1. The number of nitrogens with one attached hydrogen (secondary N) is 1. The first kappa shape index (κ1) is 40.4. The van der Waals surface area contributed by atoms with Gasteiger partial charge >= 0.3 is 5.97 Å². The van der Waals surface area contributed by atoms with Crippen LogP contribution in [0.2, 0.25) is 0 Å². The first-order valence-electron chi connectivity index (χ1n) is 19.7. The third-order valence-electron chi connectivity index (χ3n) is 11.5. The number of fused-ring (bicyclic) bond motifs is 1. The van der Waals surface area contributed by atoms with Crippen LogP contribution in [0.4, 0.5) is 11.4 Å². The molecule has 3 saturated heterocycles. The average Bonchev–Trinajstić information content (AvgIpc) is 3.88. The molecule has 56 heavy (non-hydrogen) atoms. The van der Waals surface area contributed by atoms with Gasteiger partial charge in [-0.25, -0.2) is 0 Å². The molecule has 0 aliphatic carbocycles. The Labute approximate surface area is 329 Å². The number of carbonyl (C=O) groups is 4. The second kappa shape index (κ2) is 18.1. The van der Waals surface area contributed by atoms with Crippen molar-refractivity contribution in [3.8, 4) is 0 Å². The minimum absolute atomic E-state index is 0.103. The predicted molar refractivity (Wildman–Crippen MR) is 216 cm³/mol. The second-order valence-corrected chi connectivity index (χ2v) is 14.7. The van der Waals surface area contributed by atoms with Crippen LogP contribution >= 0.6 is 0 Å². The zero-order valence-corrected chi connectivity index (χ0v) is 32.4. The maximum atomic E-state index is 15.2. The van der Waals surface area contributed by atoms with Gasteiger partial charge in [-0.05, 0) is 74.9 Å². The maximum Gasteiger partial charge on any atom is 0.306 e. The van der Waals surface area contributed by atoms with E-state index in [2.05, 4.69) is 37.2 Å². The summed E-state index contributed by atoms with van der Waals surface area (Å²) in [6.45, 7) is 13.1. The van der Waals surface area contributed by atoms with E-state index in [0.717, 1.165) is 29.9 Å². The normalized spacial score (nSPS) is 23.2. The highest BCUT2D eigenvalue weighted by Crippen LogP contribution is 2.59. The molecule has 296 valence electrons. The third-order valence-corrected chi connectivity index (χ3v) is 11.5. The summed E-state index contributed by atoms with van der Waals surface area (Å²) in [7, 11) is 0. The molecule has 3 heterocycles. The van der Waals surface area contributed by atoms with Gasteiger partial charge in [0.1, 0.15) is 18.2 Å². The summed E-state index contributed by atoms with van der Waals surface area (Å²) >= 11 is 0. The smallest absolute Gasteiger partial charge is 0.306 e. The maximum absolute atomic E-state index is 15.2. The standard InChI is InChI=1S/C45H54N4O7/c1-5-9-20-38(51)55-30-36(32-18-14-11-15-19-32)46-42(52)39-37-25-26-45(56-37)40(39)43(53)49(35(29-50)28-31-16-12-10-13-17-31)41(45)44(54)48(27-6-2)34-23-21-33(22-24-34)47(7-3)8-4/h5-6,10-19,21-24,35-37,39-41,50H,1-2,7-9,20,25-30H2,3-4H3,(H,46,52)/t35-,36-,37-,39+,40+,41-,45+/m1/s1. The van der Waals surface area contributed by atoms with Crippen molar-refractivity contribution < 1.29 is 33.8 Å². The van der Waals surface area contributed by atoms with E-state index in [4.69, 9.17) is 9.47 Å². The molecule has 7 atom stereocenters. The summed E-state index contributed by atoms with van der Waals surface area (Å²) in [4.78, 5) is 62.7. The Bertz CT molecular complexity index is 1850. The molecule has 3 aliphatic heterocycles. The van der Waals surface area contributed by atoms with Gasteiger partial charge in [-0.2, -0.15) is 0 Å². The Morgan fingerprint density at radius 2 is 1.64 bits per heavy atom. The van der Waals surface area contributed by atoms with Crippen molar-refractivity contribution in [2.75, 3.05) is 42.6 Å². The van der Waals surface area contributed by atoms with Gasteiger partial charge in [0.25, 0.3) is 5.91 Å². The number of aliphatic hydroxyl groups excluding tert-OH is 1. The van der Waals surface area contributed by atoms with E-state index in [-0.39, 0.29) is 25.5 Å². The van der Waals surface area contributed by atoms with Crippen molar-refractivity contribution in [1.82, 2.24) is 10.2 Å². The fraction of sp³-hybridized carbons (Fsp3) is 0.422. The van der Waals surface area contributed by atoms with Gasteiger partial charge < -0.3 is 34.6 Å². The molecule has 3 aromatic carbocycles. The number of carbonyl (C=O) groups excluding carboxylic acids is 4. The van der Waals surface area contributed by atoms with Crippen molar-refractivity contribution in [2.45, 2.75) is 75.8 Å². The summed E-state index contributed by atoms with van der Waals surface area (Å²) in [5.74, 6) is -3.50. The molecule has 0 aromatic heterocycles. The molecule has 6 rings (SSSR count). The van der Waals surface area contributed by atoms with Crippen LogP contribution in [0.1, 0.15) is 56.7 Å². The fourth-order valence-corrected chi connectivity index (χ4v) is 8.88. The van der Waals surface area contributed by atoms with Gasteiger partial charge in [-0.1, -0.05) is 72.8 Å². The molecule has 3 aliphatic rings. The summed E-state index contributed by atoms with van der Waals surface area (Å²) in [6.07, 6.45) is 4.46. The number of aliphatic hydroxyl groups is 1. The summed E-state index contributed by atoms with van der Waals surface area (Å²) < 4.78 is 12.4. The number of amides is 3. The number of anilines is 2. The highest BCUT2D eigenvalue weighted by Gasteiger charge is 2.75. The number of allylic oxidation sites excluding steroid dienone is 1. The van der Waals surface area contributed by atoms with E-state index in [0.29, 0.717) is 31.4 Å². The largest absolute Gasteiger partial charge is 0.463 e. The summed E-state index contributed by atoms with van der Waals surface area (Å²) in [6, 6.07) is 23.9. The molecule has 2 N–H and O–H groups in total. The van der Waals surface area contributed by atoms with Gasteiger partial charge in [-0.3, -0.25) is 19.2 Å². The molecule has 0 saturated carbocycles. The molecule has 0 radical (unpaired) electrons. The van der Waals surface area contributed by atoms with Crippen LogP contribution in [0.3, 0.4) is 0 Å². The van der Waals surface area contributed by atoms with Crippen LogP contribution in [-0.2, 0) is 35.1 Å². The Morgan fingerprint density at radius 3 is 2.27 bits per heavy atom. The number of ether oxygens (including phenoxy) is 2. The summed E-state index contributed by atoms with van der Waals surface area (Å²) in [5, 5.41) is 14.0. The van der Waals surface area contributed by atoms with Gasteiger partial charge in [0.2, 0.25) is 11.8 Å². The fourth-order valence-electron chi connectivity index (χ4n) is 8.88. The van der Waals surface area contributed by atoms with E-state index in [1.54, 1.807) is 17.1 Å². The van der Waals surface area contributed by atoms with Gasteiger partial charge in [0.15, 0.2) is 0 Å².